The second kappa shape index (κ2) is 11.0. The zero-order chi connectivity index (χ0) is 32.8. The number of thiophene rings is 3. The van der Waals surface area contributed by atoms with Gasteiger partial charge in [-0.05, 0) is 94.7 Å². The van der Waals surface area contributed by atoms with Crippen molar-refractivity contribution in [2.45, 2.75) is 0 Å². The average molecular weight is 690 g/mol. The molecule has 3 heterocycles. The summed E-state index contributed by atoms with van der Waals surface area (Å²) in [6.07, 6.45) is 0. The number of nitrogens with zero attached hydrogens (tertiary/aromatic N) is 1. The Morgan fingerprint density at radius 1 is 0.300 bits per heavy atom. The Balaban J connectivity index is 1.06. The van der Waals surface area contributed by atoms with E-state index in [0.717, 1.165) is 17.1 Å². The van der Waals surface area contributed by atoms with Crippen molar-refractivity contribution in [1.82, 2.24) is 0 Å². The molecule has 0 amide bonds. The first-order chi connectivity index (χ1) is 24.7. The van der Waals surface area contributed by atoms with Crippen LogP contribution in [0.1, 0.15) is 0 Å². The Morgan fingerprint density at radius 2 is 0.820 bits per heavy atom. The second-order valence-corrected chi connectivity index (χ2v) is 16.2. The first-order valence-electron chi connectivity index (χ1n) is 16.8. The van der Waals surface area contributed by atoms with Crippen LogP contribution in [0.3, 0.4) is 0 Å². The molecule has 0 saturated carbocycles. The van der Waals surface area contributed by atoms with Gasteiger partial charge in [0, 0.05) is 77.6 Å². The highest BCUT2D eigenvalue weighted by Crippen LogP contribution is 2.44. The van der Waals surface area contributed by atoms with Crippen molar-refractivity contribution in [3.05, 3.63) is 164 Å². The Hall–Kier alpha value is -5.52. The van der Waals surface area contributed by atoms with E-state index < -0.39 is 0 Å². The molecule has 11 aromatic rings. The van der Waals surface area contributed by atoms with E-state index >= 15 is 0 Å². The number of hydrogen-bond acceptors (Lipinski definition) is 4. The largest absolute Gasteiger partial charge is 0.310 e. The van der Waals surface area contributed by atoms with Crippen LogP contribution in [0.15, 0.2) is 164 Å². The van der Waals surface area contributed by atoms with E-state index in [4.69, 9.17) is 0 Å². The fraction of sp³-hybridized carbons (Fsp3) is 0. The van der Waals surface area contributed by atoms with Crippen LogP contribution in [0.2, 0.25) is 0 Å². The van der Waals surface area contributed by atoms with Crippen LogP contribution in [-0.4, -0.2) is 0 Å². The summed E-state index contributed by atoms with van der Waals surface area (Å²) in [5.41, 5.74) is 5.91. The van der Waals surface area contributed by atoms with Gasteiger partial charge in [0.15, 0.2) is 0 Å². The summed E-state index contributed by atoms with van der Waals surface area (Å²) in [5.74, 6) is 0. The van der Waals surface area contributed by atoms with Gasteiger partial charge in [-0.15, -0.1) is 34.0 Å². The second-order valence-electron chi connectivity index (χ2n) is 12.9. The van der Waals surface area contributed by atoms with Gasteiger partial charge in [0.1, 0.15) is 0 Å². The zero-order valence-corrected chi connectivity index (χ0v) is 29.2. The third kappa shape index (κ3) is 4.36. The molecule has 8 aromatic carbocycles. The molecule has 234 valence electrons. The van der Waals surface area contributed by atoms with Gasteiger partial charge < -0.3 is 4.90 Å². The van der Waals surface area contributed by atoms with Gasteiger partial charge >= 0.3 is 0 Å². The van der Waals surface area contributed by atoms with Crippen molar-refractivity contribution in [3.63, 3.8) is 0 Å². The van der Waals surface area contributed by atoms with E-state index in [1.165, 1.54) is 82.4 Å². The minimum absolute atomic E-state index is 1.14. The van der Waals surface area contributed by atoms with E-state index in [0.29, 0.717) is 0 Å². The summed E-state index contributed by atoms with van der Waals surface area (Å²) in [5, 5.41) is 10.5. The molecule has 0 unspecified atom stereocenters. The smallest absolute Gasteiger partial charge is 0.0476 e. The first kappa shape index (κ1) is 28.3. The van der Waals surface area contributed by atoms with Crippen LogP contribution in [0.4, 0.5) is 17.1 Å². The van der Waals surface area contributed by atoms with Crippen molar-refractivity contribution in [2.24, 2.45) is 0 Å². The monoisotopic (exact) mass is 689 g/mol. The third-order valence-corrected chi connectivity index (χ3v) is 13.5. The van der Waals surface area contributed by atoms with Crippen LogP contribution >= 0.6 is 34.0 Å². The van der Waals surface area contributed by atoms with Gasteiger partial charge in [-0.25, -0.2) is 0 Å². The van der Waals surface area contributed by atoms with Crippen molar-refractivity contribution in [1.29, 1.82) is 0 Å². The molecule has 0 aliphatic carbocycles. The molecular weight excluding hydrogens is 663 g/mol. The third-order valence-electron chi connectivity index (χ3n) is 10.1. The van der Waals surface area contributed by atoms with E-state index in [9.17, 15) is 0 Å². The van der Waals surface area contributed by atoms with Gasteiger partial charge in [0.25, 0.3) is 0 Å². The van der Waals surface area contributed by atoms with E-state index in [-0.39, 0.29) is 0 Å². The molecule has 0 atom stereocenters. The van der Waals surface area contributed by atoms with Gasteiger partial charge in [0.2, 0.25) is 0 Å². The van der Waals surface area contributed by atoms with E-state index in [1.807, 2.05) is 34.0 Å². The summed E-state index contributed by atoms with van der Waals surface area (Å²) in [7, 11) is 0. The lowest BCUT2D eigenvalue weighted by molar-refractivity contribution is 1.30. The van der Waals surface area contributed by atoms with Crippen LogP contribution in [0, 0.1) is 0 Å². The van der Waals surface area contributed by atoms with Gasteiger partial charge in [-0.3, -0.25) is 0 Å². The summed E-state index contributed by atoms with van der Waals surface area (Å²) in [6.45, 7) is 0. The van der Waals surface area contributed by atoms with Crippen molar-refractivity contribution in [3.8, 4) is 11.1 Å². The summed E-state index contributed by atoms with van der Waals surface area (Å²) in [6, 6.07) is 60.7. The zero-order valence-electron chi connectivity index (χ0n) is 26.8. The minimum Gasteiger partial charge on any atom is -0.310 e. The molecular formula is C46H27NS3. The topological polar surface area (TPSA) is 3.24 Å². The number of rotatable bonds is 4. The molecule has 0 bridgehead atoms. The van der Waals surface area contributed by atoms with Crippen LogP contribution < -0.4 is 4.90 Å². The fourth-order valence-corrected chi connectivity index (χ4v) is 11.0. The summed E-state index contributed by atoms with van der Waals surface area (Å²) >= 11 is 5.61. The molecule has 0 saturated heterocycles. The molecule has 1 nitrogen and oxygen atoms in total. The normalized spacial score (nSPS) is 12.0. The van der Waals surface area contributed by atoms with Crippen LogP contribution in [0.25, 0.3) is 82.4 Å². The lowest BCUT2D eigenvalue weighted by Crippen LogP contribution is -2.09. The van der Waals surface area contributed by atoms with Gasteiger partial charge in [-0.1, -0.05) is 91.0 Å². The minimum atomic E-state index is 1.14. The molecule has 50 heavy (non-hydrogen) atoms. The molecule has 0 spiro atoms. The number of fused-ring (bicyclic) bond motifs is 11. The predicted octanol–water partition coefficient (Wildman–Crippen LogP) is 15.1. The van der Waals surface area contributed by atoms with Crippen molar-refractivity contribution >= 4 is 122 Å². The molecule has 0 aliphatic heterocycles. The van der Waals surface area contributed by atoms with E-state index in [1.54, 1.807) is 0 Å². The van der Waals surface area contributed by atoms with E-state index in [2.05, 4.69) is 169 Å². The predicted molar refractivity (Wildman–Crippen MR) is 223 cm³/mol. The standard InChI is InChI=1S/C46H27NS3/c1-4-10-40-34(7-1)36-22-20-33(27-45(36)50-40)47(32-21-24-43-39(26-32)35-8-2-5-11-41(35)48-43)31-18-15-28(16-19-31)30-14-13-29-17-23-44-46(38(29)25-30)37-9-3-6-12-42(37)49-44/h1-27H. The number of anilines is 3. The molecule has 11 rings (SSSR count). The lowest BCUT2D eigenvalue weighted by atomic mass is 9.98. The molecule has 0 aliphatic rings. The highest BCUT2D eigenvalue weighted by Gasteiger charge is 2.17. The SMILES string of the molecule is c1ccc2c(c1)sc1cc(N(c3ccc(-c4ccc5ccc6sc7ccccc7c6c5c4)cc3)c3ccc4sc5ccccc5c4c3)ccc12. The Bertz CT molecular complexity index is 3110. The summed E-state index contributed by atoms with van der Waals surface area (Å²) < 4.78 is 7.94. The van der Waals surface area contributed by atoms with Crippen LogP contribution in [0.5, 0.6) is 0 Å². The lowest BCUT2D eigenvalue weighted by Gasteiger charge is -2.26. The number of hydrogen-bond donors (Lipinski definition) is 0. The summed E-state index contributed by atoms with van der Waals surface area (Å²) in [4.78, 5) is 2.42. The van der Waals surface area contributed by atoms with Crippen molar-refractivity contribution < 1.29 is 0 Å². The maximum Gasteiger partial charge on any atom is 0.0476 e. The Morgan fingerprint density at radius 3 is 1.62 bits per heavy atom. The fourth-order valence-electron chi connectivity index (χ4n) is 7.68. The molecule has 0 fully saturated rings. The molecule has 0 N–H and O–H groups in total. The highest BCUT2D eigenvalue weighted by molar-refractivity contribution is 7.26. The maximum atomic E-state index is 2.42. The van der Waals surface area contributed by atoms with Crippen molar-refractivity contribution in [2.75, 3.05) is 4.90 Å². The molecule has 3 aromatic heterocycles. The number of benzene rings is 8. The first-order valence-corrected chi connectivity index (χ1v) is 19.3. The Kier molecular flexibility index (Phi) is 6.23. The molecule has 0 radical (unpaired) electrons. The Labute approximate surface area is 300 Å². The van der Waals surface area contributed by atoms with Gasteiger partial charge in [-0.2, -0.15) is 0 Å². The highest BCUT2D eigenvalue weighted by atomic mass is 32.1. The molecule has 4 heteroatoms. The van der Waals surface area contributed by atoms with Gasteiger partial charge in [0.05, 0.1) is 0 Å². The average Bonchev–Trinajstić information content (AvgIpc) is 3.86. The quantitative estimate of drug-likeness (QED) is 0.178. The maximum absolute atomic E-state index is 2.42. The van der Waals surface area contributed by atoms with Crippen LogP contribution in [-0.2, 0) is 0 Å².